The summed E-state index contributed by atoms with van der Waals surface area (Å²) in [5.41, 5.74) is 6.31. The first-order chi connectivity index (χ1) is 9.16. The molecule has 4 nitrogen and oxygen atoms in total. The van der Waals surface area contributed by atoms with Gasteiger partial charge in [-0.3, -0.25) is 9.78 Å². The Morgan fingerprint density at radius 2 is 2.16 bits per heavy atom. The van der Waals surface area contributed by atoms with Gasteiger partial charge in [-0.2, -0.15) is 0 Å². The van der Waals surface area contributed by atoms with Crippen LogP contribution in [0.5, 0.6) is 5.75 Å². The maximum Gasteiger partial charge on any atom is 0.259 e. The molecule has 2 N–H and O–H groups in total. The molecule has 0 bridgehead atoms. The summed E-state index contributed by atoms with van der Waals surface area (Å²) in [5, 5.41) is 0.987. The van der Waals surface area contributed by atoms with E-state index in [2.05, 4.69) is 4.98 Å². The molecule has 2 aromatic heterocycles. The van der Waals surface area contributed by atoms with Gasteiger partial charge in [-0.05, 0) is 38.2 Å². The lowest BCUT2D eigenvalue weighted by Crippen LogP contribution is -2.12. The van der Waals surface area contributed by atoms with Crippen LogP contribution in [0.15, 0.2) is 12.4 Å². The fourth-order valence-electron chi connectivity index (χ4n) is 2.68. The van der Waals surface area contributed by atoms with Gasteiger partial charge in [-0.25, -0.2) is 0 Å². The van der Waals surface area contributed by atoms with E-state index in [0.717, 1.165) is 34.2 Å². The minimum absolute atomic E-state index is 0.281. The molecule has 0 aliphatic heterocycles. The first kappa shape index (κ1) is 12.4. The van der Waals surface area contributed by atoms with Crippen LogP contribution in [0.1, 0.15) is 40.9 Å². The zero-order valence-electron chi connectivity index (χ0n) is 10.8. The highest BCUT2D eigenvalue weighted by Gasteiger charge is 2.21. The topological polar surface area (TPSA) is 65.2 Å². The van der Waals surface area contributed by atoms with E-state index < -0.39 is 0 Å². The third-order valence-corrected chi connectivity index (χ3v) is 4.86. The van der Waals surface area contributed by atoms with Crippen LogP contribution in [0.2, 0.25) is 0 Å². The van der Waals surface area contributed by atoms with Crippen molar-refractivity contribution >= 4 is 27.3 Å². The number of amides is 1. The van der Waals surface area contributed by atoms with Crippen LogP contribution in [0.4, 0.5) is 0 Å². The van der Waals surface area contributed by atoms with Crippen LogP contribution >= 0.6 is 11.3 Å². The fourth-order valence-corrected chi connectivity index (χ4v) is 3.73. The molecule has 1 fully saturated rings. The summed E-state index contributed by atoms with van der Waals surface area (Å²) in [5.74, 6) is 0.399. The zero-order valence-corrected chi connectivity index (χ0v) is 11.6. The lowest BCUT2D eigenvalue weighted by molar-refractivity contribution is 0.100. The molecule has 3 rings (SSSR count). The van der Waals surface area contributed by atoms with Crippen molar-refractivity contribution in [3.05, 3.63) is 22.8 Å². The zero-order chi connectivity index (χ0) is 13.4. The lowest BCUT2D eigenvalue weighted by atomic mass is 10.1. The number of fused-ring (bicyclic) bond motifs is 1. The maximum absolute atomic E-state index is 11.4. The van der Waals surface area contributed by atoms with Crippen LogP contribution in [0.25, 0.3) is 10.1 Å². The molecule has 1 amide bonds. The molecule has 0 spiro atoms. The van der Waals surface area contributed by atoms with E-state index >= 15 is 0 Å². The third-order valence-electron chi connectivity index (χ3n) is 3.62. The molecule has 2 heterocycles. The Kier molecular flexibility index (Phi) is 3.14. The van der Waals surface area contributed by atoms with Gasteiger partial charge >= 0.3 is 0 Å². The number of nitrogens with two attached hydrogens (primary N) is 1. The molecular formula is C14H16N2O2S. The van der Waals surface area contributed by atoms with Crippen LogP contribution in [0.3, 0.4) is 0 Å². The van der Waals surface area contributed by atoms with Gasteiger partial charge in [0.25, 0.3) is 5.91 Å². The Hall–Kier alpha value is -1.62. The summed E-state index contributed by atoms with van der Waals surface area (Å²) in [7, 11) is 0. The molecule has 0 aromatic carbocycles. The number of rotatable bonds is 3. The standard InChI is InChI=1S/C14H16N2O2S/c1-8-12-10(18-9-4-2-3-5-9)6-16-7-11(12)19-13(8)14(15)17/h6-7,9H,2-5H2,1H3,(H2,15,17). The van der Waals surface area contributed by atoms with Gasteiger partial charge in [0, 0.05) is 11.6 Å². The number of aryl methyl sites for hydroxylation is 1. The van der Waals surface area contributed by atoms with Crippen LogP contribution in [0, 0.1) is 6.92 Å². The Morgan fingerprint density at radius 1 is 1.42 bits per heavy atom. The second-order valence-corrected chi connectivity index (χ2v) is 6.01. The highest BCUT2D eigenvalue weighted by atomic mass is 32.1. The third kappa shape index (κ3) is 2.18. The molecule has 0 unspecified atom stereocenters. The first-order valence-corrected chi connectivity index (χ1v) is 7.32. The predicted octanol–water partition coefficient (Wildman–Crippen LogP) is 3.03. The van der Waals surface area contributed by atoms with Crippen molar-refractivity contribution in [2.24, 2.45) is 5.73 Å². The van der Waals surface area contributed by atoms with Crippen molar-refractivity contribution in [1.82, 2.24) is 4.98 Å². The van der Waals surface area contributed by atoms with Crippen molar-refractivity contribution in [1.29, 1.82) is 0 Å². The van der Waals surface area contributed by atoms with Gasteiger partial charge in [0.2, 0.25) is 0 Å². The normalized spacial score (nSPS) is 16.1. The van der Waals surface area contributed by atoms with Gasteiger partial charge < -0.3 is 10.5 Å². The fraction of sp³-hybridized carbons (Fsp3) is 0.429. The lowest BCUT2D eigenvalue weighted by Gasteiger charge is -2.13. The Morgan fingerprint density at radius 3 is 2.84 bits per heavy atom. The predicted molar refractivity (Wildman–Crippen MR) is 75.8 cm³/mol. The summed E-state index contributed by atoms with van der Waals surface area (Å²) in [6.07, 6.45) is 8.44. The number of nitrogens with zero attached hydrogens (tertiary/aromatic N) is 1. The number of carbonyl (C=O) groups is 1. The number of hydrogen-bond donors (Lipinski definition) is 1. The molecule has 0 radical (unpaired) electrons. The second-order valence-electron chi connectivity index (χ2n) is 4.96. The van der Waals surface area contributed by atoms with E-state index in [1.807, 2.05) is 6.92 Å². The van der Waals surface area contributed by atoms with Crippen LogP contribution in [-0.2, 0) is 0 Å². The highest BCUT2D eigenvalue weighted by molar-refractivity contribution is 7.21. The number of carbonyl (C=O) groups excluding carboxylic acids is 1. The van der Waals surface area contributed by atoms with Gasteiger partial charge in [0.1, 0.15) is 5.75 Å². The molecule has 19 heavy (non-hydrogen) atoms. The molecule has 0 atom stereocenters. The number of hydrogen-bond acceptors (Lipinski definition) is 4. The van der Waals surface area contributed by atoms with E-state index in [1.54, 1.807) is 12.4 Å². The average Bonchev–Trinajstić information content (AvgIpc) is 2.98. The smallest absolute Gasteiger partial charge is 0.259 e. The van der Waals surface area contributed by atoms with E-state index in [1.165, 1.54) is 24.2 Å². The number of thiophene rings is 1. The maximum atomic E-state index is 11.4. The molecule has 100 valence electrons. The average molecular weight is 276 g/mol. The quantitative estimate of drug-likeness (QED) is 0.937. The minimum Gasteiger partial charge on any atom is -0.488 e. The minimum atomic E-state index is -0.384. The molecule has 1 aliphatic rings. The van der Waals surface area contributed by atoms with Gasteiger partial charge in [-0.1, -0.05) is 0 Å². The summed E-state index contributed by atoms with van der Waals surface area (Å²) in [6.45, 7) is 1.92. The van der Waals surface area contributed by atoms with Crippen molar-refractivity contribution in [3.63, 3.8) is 0 Å². The highest BCUT2D eigenvalue weighted by Crippen LogP contribution is 2.37. The Balaban J connectivity index is 2.06. The van der Waals surface area contributed by atoms with Gasteiger partial charge in [0.15, 0.2) is 0 Å². The van der Waals surface area contributed by atoms with E-state index in [0.29, 0.717) is 4.88 Å². The van der Waals surface area contributed by atoms with Crippen molar-refractivity contribution < 1.29 is 9.53 Å². The largest absolute Gasteiger partial charge is 0.488 e. The molecule has 2 aromatic rings. The Labute approximate surface area is 115 Å². The van der Waals surface area contributed by atoms with E-state index in [-0.39, 0.29) is 12.0 Å². The number of aromatic nitrogens is 1. The molecule has 5 heteroatoms. The second kappa shape index (κ2) is 4.81. The summed E-state index contributed by atoms with van der Waals surface area (Å²) < 4.78 is 7.01. The summed E-state index contributed by atoms with van der Waals surface area (Å²) in [4.78, 5) is 16.2. The van der Waals surface area contributed by atoms with E-state index in [4.69, 9.17) is 10.5 Å². The van der Waals surface area contributed by atoms with Crippen molar-refractivity contribution in [2.45, 2.75) is 38.7 Å². The van der Waals surface area contributed by atoms with Crippen molar-refractivity contribution in [3.8, 4) is 5.75 Å². The number of pyridine rings is 1. The molecule has 1 saturated carbocycles. The van der Waals surface area contributed by atoms with Gasteiger partial charge in [0.05, 0.1) is 21.9 Å². The van der Waals surface area contributed by atoms with E-state index in [9.17, 15) is 4.79 Å². The van der Waals surface area contributed by atoms with Crippen molar-refractivity contribution in [2.75, 3.05) is 0 Å². The van der Waals surface area contributed by atoms with Crippen LogP contribution < -0.4 is 10.5 Å². The monoisotopic (exact) mass is 276 g/mol. The molecule has 0 saturated heterocycles. The number of ether oxygens (including phenoxy) is 1. The molecular weight excluding hydrogens is 260 g/mol. The summed E-state index contributed by atoms with van der Waals surface area (Å²) in [6, 6.07) is 0. The van der Waals surface area contributed by atoms with Gasteiger partial charge in [-0.15, -0.1) is 11.3 Å². The SMILES string of the molecule is Cc1c(C(N)=O)sc2cncc(OC3CCCC3)c12. The molecule has 1 aliphatic carbocycles. The number of primary amides is 1. The Bertz CT molecular complexity index is 630. The van der Waals surface area contributed by atoms with Crippen LogP contribution in [-0.4, -0.2) is 17.0 Å². The summed E-state index contributed by atoms with van der Waals surface area (Å²) >= 11 is 1.39. The first-order valence-electron chi connectivity index (χ1n) is 6.50.